The lowest BCUT2D eigenvalue weighted by Crippen LogP contribution is -2.42. The van der Waals surface area contributed by atoms with Crippen LogP contribution in [0.3, 0.4) is 0 Å². The molecule has 20 heavy (non-hydrogen) atoms. The van der Waals surface area contributed by atoms with Gasteiger partial charge in [0.15, 0.2) is 0 Å². The fraction of sp³-hybridized carbons (Fsp3) is 0.467. The monoisotopic (exact) mass is 340 g/mol. The Morgan fingerprint density at radius 1 is 1.30 bits per heavy atom. The molecule has 1 N–H and O–H groups in total. The van der Waals surface area contributed by atoms with Gasteiger partial charge in [-0.2, -0.15) is 0 Å². The van der Waals surface area contributed by atoms with Gasteiger partial charge in [-0.15, -0.1) is 0 Å². The number of hydrogen-bond acceptors (Lipinski definition) is 2. The number of halogens is 1. The van der Waals surface area contributed by atoms with Gasteiger partial charge in [-0.05, 0) is 37.6 Å². The molecule has 0 aliphatic rings. The van der Waals surface area contributed by atoms with Gasteiger partial charge in [0.2, 0.25) is 5.91 Å². The molecular formula is C15H21BrN2O2. The average Bonchev–Trinajstić information content (AvgIpc) is 2.43. The first-order valence-electron chi connectivity index (χ1n) is 6.76. The first kappa shape index (κ1) is 16.7. The number of amides is 2. The van der Waals surface area contributed by atoms with Crippen molar-refractivity contribution in [2.24, 2.45) is 0 Å². The molecule has 0 spiro atoms. The average molecular weight is 341 g/mol. The quantitative estimate of drug-likeness (QED) is 0.865. The molecule has 0 saturated carbocycles. The lowest BCUT2D eigenvalue weighted by atomic mass is 10.2. The SMILES string of the molecule is CCC(C)N(CCNC(=O)c1ccc(Br)cc1)C(C)=O. The summed E-state index contributed by atoms with van der Waals surface area (Å²) in [5, 5.41) is 2.83. The minimum atomic E-state index is -0.120. The number of benzene rings is 1. The lowest BCUT2D eigenvalue weighted by molar-refractivity contribution is -0.130. The van der Waals surface area contributed by atoms with Gasteiger partial charge in [0, 0.05) is 36.1 Å². The zero-order chi connectivity index (χ0) is 15.1. The normalized spacial score (nSPS) is 11.8. The molecule has 0 aromatic heterocycles. The van der Waals surface area contributed by atoms with E-state index in [1.54, 1.807) is 24.0 Å². The third kappa shape index (κ3) is 4.96. The van der Waals surface area contributed by atoms with Crippen molar-refractivity contribution in [2.75, 3.05) is 13.1 Å². The maximum atomic E-state index is 11.9. The molecule has 5 heteroatoms. The van der Waals surface area contributed by atoms with Crippen LogP contribution >= 0.6 is 15.9 Å². The third-order valence-electron chi connectivity index (χ3n) is 3.27. The number of nitrogens with zero attached hydrogens (tertiary/aromatic N) is 1. The van der Waals surface area contributed by atoms with Gasteiger partial charge in [0.05, 0.1) is 0 Å². The molecule has 0 saturated heterocycles. The van der Waals surface area contributed by atoms with Crippen molar-refractivity contribution in [1.29, 1.82) is 0 Å². The smallest absolute Gasteiger partial charge is 0.251 e. The van der Waals surface area contributed by atoms with E-state index in [1.165, 1.54) is 0 Å². The largest absolute Gasteiger partial charge is 0.350 e. The zero-order valence-electron chi connectivity index (χ0n) is 12.1. The van der Waals surface area contributed by atoms with E-state index in [9.17, 15) is 9.59 Å². The molecule has 1 rings (SSSR count). The minimum Gasteiger partial charge on any atom is -0.350 e. The summed E-state index contributed by atoms with van der Waals surface area (Å²) in [6.45, 7) is 6.60. The Morgan fingerprint density at radius 3 is 2.40 bits per heavy atom. The van der Waals surface area contributed by atoms with Crippen LogP contribution in [0.1, 0.15) is 37.6 Å². The standard InChI is InChI=1S/C15H21BrN2O2/c1-4-11(2)18(12(3)19)10-9-17-15(20)13-5-7-14(16)8-6-13/h5-8,11H,4,9-10H2,1-3H3,(H,17,20). The van der Waals surface area contributed by atoms with Crippen molar-refractivity contribution in [2.45, 2.75) is 33.2 Å². The van der Waals surface area contributed by atoms with Crippen molar-refractivity contribution in [3.63, 3.8) is 0 Å². The predicted octanol–water partition coefficient (Wildman–Crippen LogP) is 2.83. The summed E-state index contributed by atoms with van der Waals surface area (Å²) in [5.74, 6) is -0.0811. The van der Waals surface area contributed by atoms with Crippen LogP contribution in [0.5, 0.6) is 0 Å². The molecule has 4 nitrogen and oxygen atoms in total. The fourth-order valence-corrected chi connectivity index (χ4v) is 2.17. The maximum Gasteiger partial charge on any atom is 0.251 e. The van der Waals surface area contributed by atoms with Crippen LogP contribution in [0.25, 0.3) is 0 Å². The van der Waals surface area contributed by atoms with Crippen LogP contribution in [0, 0.1) is 0 Å². The summed E-state index contributed by atoms with van der Waals surface area (Å²) in [7, 11) is 0. The molecule has 0 heterocycles. The Morgan fingerprint density at radius 2 is 1.90 bits per heavy atom. The highest BCUT2D eigenvalue weighted by Crippen LogP contribution is 2.10. The molecule has 0 aliphatic carbocycles. The van der Waals surface area contributed by atoms with Crippen LogP contribution < -0.4 is 5.32 Å². The maximum absolute atomic E-state index is 11.9. The van der Waals surface area contributed by atoms with Crippen molar-refractivity contribution in [3.8, 4) is 0 Å². The highest BCUT2D eigenvalue weighted by atomic mass is 79.9. The highest BCUT2D eigenvalue weighted by Gasteiger charge is 2.15. The number of hydrogen-bond donors (Lipinski definition) is 1. The van der Waals surface area contributed by atoms with Gasteiger partial charge in [-0.3, -0.25) is 9.59 Å². The minimum absolute atomic E-state index is 0.0391. The van der Waals surface area contributed by atoms with Crippen molar-refractivity contribution < 1.29 is 9.59 Å². The molecule has 0 fully saturated rings. The summed E-state index contributed by atoms with van der Waals surface area (Å²) < 4.78 is 0.938. The molecule has 1 atom stereocenters. The Kier molecular flexibility index (Phi) is 6.71. The Bertz CT molecular complexity index is 459. The first-order valence-corrected chi connectivity index (χ1v) is 7.56. The fourth-order valence-electron chi connectivity index (χ4n) is 1.90. The van der Waals surface area contributed by atoms with Crippen molar-refractivity contribution in [1.82, 2.24) is 10.2 Å². The molecule has 0 aliphatic heterocycles. The second-order valence-corrected chi connectivity index (χ2v) is 5.65. The van der Waals surface area contributed by atoms with Gasteiger partial charge in [-0.1, -0.05) is 22.9 Å². The summed E-state index contributed by atoms with van der Waals surface area (Å²) in [6, 6.07) is 7.37. The van der Waals surface area contributed by atoms with E-state index < -0.39 is 0 Å². The molecule has 0 bridgehead atoms. The van der Waals surface area contributed by atoms with E-state index in [4.69, 9.17) is 0 Å². The van der Waals surface area contributed by atoms with Gasteiger partial charge in [0.1, 0.15) is 0 Å². The van der Waals surface area contributed by atoms with Crippen LogP contribution in [0.15, 0.2) is 28.7 Å². The second kappa shape index (κ2) is 8.04. The van der Waals surface area contributed by atoms with E-state index >= 15 is 0 Å². The summed E-state index contributed by atoms with van der Waals surface area (Å²) >= 11 is 3.33. The second-order valence-electron chi connectivity index (χ2n) is 4.73. The molecule has 1 unspecified atom stereocenters. The van der Waals surface area contributed by atoms with E-state index in [0.717, 1.165) is 10.9 Å². The highest BCUT2D eigenvalue weighted by molar-refractivity contribution is 9.10. The summed E-state index contributed by atoms with van der Waals surface area (Å²) in [6.07, 6.45) is 0.903. The number of nitrogens with one attached hydrogen (secondary N) is 1. The number of carbonyl (C=O) groups is 2. The van der Waals surface area contributed by atoms with E-state index in [0.29, 0.717) is 18.7 Å². The number of rotatable bonds is 6. The molecular weight excluding hydrogens is 320 g/mol. The van der Waals surface area contributed by atoms with Crippen molar-refractivity contribution in [3.05, 3.63) is 34.3 Å². The van der Waals surface area contributed by atoms with Crippen LogP contribution in [-0.4, -0.2) is 35.8 Å². The Hall–Kier alpha value is -1.36. The van der Waals surface area contributed by atoms with Crippen LogP contribution in [-0.2, 0) is 4.79 Å². The van der Waals surface area contributed by atoms with Crippen LogP contribution in [0.4, 0.5) is 0 Å². The Labute approximate surface area is 128 Å². The summed E-state index contributed by atoms with van der Waals surface area (Å²) in [5.41, 5.74) is 0.617. The Balaban J connectivity index is 2.48. The predicted molar refractivity (Wildman–Crippen MR) is 83.6 cm³/mol. The van der Waals surface area contributed by atoms with E-state index in [2.05, 4.69) is 21.2 Å². The van der Waals surface area contributed by atoms with Crippen LogP contribution in [0.2, 0.25) is 0 Å². The molecule has 2 amide bonds. The lowest BCUT2D eigenvalue weighted by Gasteiger charge is -2.27. The molecule has 1 aromatic rings. The molecule has 1 aromatic carbocycles. The van der Waals surface area contributed by atoms with Gasteiger partial charge >= 0.3 is 0 Å². The molecule has 110 valence electrons. The third-order valence-corrected chi connectivity index (χ3v) is 3.80. The zero-order valence-corrected chi connectivity index (χ0v) is 13.7. The van der Waals surface area contributed by atoms with E-state index in [-0.39, 0.29) is 17.9 Å². The van der Waals surface area contributed by atoms with Gasteiger partial charge in [0.25, 0.3) is 5.91 Å². The van der Waals surface area contributed by atoms with Gasteiger partial charge in [-0.25, -0.2) is 0 Å². The topological polar surface area (TPSA) is 49.4 Å². The first-order chi connectivity index (χ1) is 9.45. The summed E-state index contributed by atoms with van der Waals surface area (Å²) in [4.78, 5) is 25.2. The number of carbonyl (C=O) groups excluding carboxylic acids is 2. The van der Waals surface area contributed by atoms with Gasteiger partial charge < -0.3 is 10.2 Å². The molecule has 0 radical (unpaired) electrons. The van der Waals surface area contributed by atoms with Crippen molar-refractivity contribution >= 4 is 27.7 Å². The van der Waals surface area contributed by atoms with E-state index in [1.807, 2.05) is 26.0 Å².